The number of para-hydroxylation sites is 1. The third-order valence-electron chi connectivity index (χ3n) is 3.70. The van der Waals surface area contributed by atoms with Gasteiger partial charge in [0.25, 0.3) is 0 Å². The summed E-state index contributed by atoms with van der Waals surface area (Å²) in [7, 11) is 0. The predicted molar refractivity (Wildman–Crippen MR) is 70.8 cm³/mol. The number of nitrogens with zero attached hydrogens (tertiary/aromatic N) is 2. The lowest BCUT2D eigenvalue weighted by molar-refractivity contribution is 0.590. The van der Waals surface area contributed by atoms with Crippen LogP contribution in [0.15, 0.2) is 18.2 Å². The molecular weight excluding hydrogens is 210 g/mol. The number of benzene rings is 1. The molecule has 1 saturated carbocycles. The minimum Gasteiger partial charge on any atom is -0.369 e. The average molecular weight is 229 g/mol. The van der Waals surface area contributed by atoms with Crippen LogP contribution in [0.5, 0.6) is 0 Å². The molecule has 0 amide bonds. The second-order valence-corrected chi connectivity index (χ2v) is 5.15. The second-order valence-electron chi connectivity index (χ2n) is 5.15. The number of fused-ring (bicyclic) bond motifs is 1. The van der Waals surface area contributed by atoms with Gasteiger partial charge in [0.15, 0.2) is 0 Å². The first-order chi connectivity index (χ1) is 8.25. The van der Waals surface area contributed by atoms with Crippen molar-refractivity contribution in [3.8, 4) is 0 Å². The van der Waals surface area contributed by atoms with Gasteiger partial charge in [-0.3, -0.25) is 0 Å². The number of imidazole rings is 1. The summed E-state index contributed by atoms with van der Waals surface area (Å²) in [4.78, 5) is 4.47. The minimum absolute atomic E-state index is 0.657. The summed E-state index contributed by atoms with van der Waals surface area (Å²) in [6.45, 7) is 3.09. The van der Waals surface area contributed by atoms with Crippen molar-refractivity contribution in [2.24, 2.45) is 5.92 Å². The Hall–Kier alpha value is -1.51. The van der Waals surface area contributed by atoms with Crippen molar-refractivity contribution < 1.29 is 0 Å². The summed E-state index contributed by atoms with van der Waals surface area (Å²) in [5.41, 5.74) is 9.44. The maximum absolute atomic E-state index is 6.01. The zero-order valence-corrected chi connectivity index (χ0v) is 10.3. The third kappa shape index (κ3) is 2.02. The van der Waals surface area contributed by atoms with E-state index in [0.29, 0.717) is 5.95 Å². The van der Waals surface area contributed by atoms with Crippen LogP contribution in [-0.4, -0.2) is 9.55 Å². The molecule has 1 aliphatic carbocycles. The molecule has 0 saturated heterocycles. The molecule has 17 heavy (non-hydrogen) atoms. The fourth-order valence-electron chi connectivity index (χ4n) is 2.48. The topological polar surface area (TPSA) is 43.8 Å². The van der Waals surface area contributed by atoms with E-state index >= 15 is 0 Å². The van der Waals surface area contributed by atoms with Crippen LogP contribution in [0, 0.1) is 12.8 Å². The Morgan fingerprint density at radius 1 is 1.41 bits per heavy atom. The molecule has 3 heteroatoms. The normalized spacial score (nSPS) is 15.6. The van der Waals surface area contributed by atoms with Gasteiger partial charge in [-0.2, -0.15) is 0 Å². The molecular formula is C14H19N3. The van der Waals surface area contributed by atoms with E-state index in [1.54, 1.807) is 0 Å². The number of nitrogen functional groups attached to an aromatic ring is 1. The van der Waals surface area contributed by atoms with Gasteiger partial charge in [-0.25, -0.2) is 4.98 Å². The maximum Gasteiger partial charge on any atom is 0.201 e. The van der Waals surface area contributed by atoms with E-state index in [4.69, 9.17) is 5.73 Å². The van der Waals surface area contributed by atoms with Crippen LogP contribution < -0.4 is 5.73 Å². The van der Waals surface area contributed by atoms with Crippen molar-refractivity contribution in [2.75, 3.05) is 5.73 Å². The lowest BCUT2D eigenvalue weighted by Crippen LogP contribution is -2.03. The Kier molecular flexibility index (Phi) is 2.54. The number of anilines is 1. The Morgan fingerprint density at radius 2 is 2.24 bits per heavy atom. The quantitative estimate of drug-likeness (QED) is 0.875. The lowest BCUT2D eigenvalue weighted by Gasteiger charge is -2.06. The first-order valence-electron chi connectivity index (χ1n) is 6.47. The second kappa shape index (κ2) is 4.06. The summed E-state index contributed by atoms with van der Waals surface area (Å²) in [6.07, 6.45) is 5.41. The molecule has 2 aromatic rings. The van der Waals surface area contributed by atoms with Gasteiger partial charge in [0.1, 0.15) is 0 Å². The Bertz CT molecular complexity index is 538. The van der Waals surface area contributed by atoms with Gasteiger partial charge in [0, 0.05) is 6.54 Å². The van der Waals surface area contributed by atoms with E-state index in [-0.39, 0.29) is 0 Å². The highest BCUT2D eigenvalue weighted by atomic mass is 15.1. The molecule has 0 aliphatic heterocycles. The molecule has 90 valence electrons. The molecule has 1 heterocycles. The highest BCUT2D eigenvalue weighted by molar-refractivity contribution is 5.81. The van der Waals surface area contributed by atoms with Gasteiger partial charge >= 0.3 is 0 Å². The van der Waals surface area contributed by atoms with Gasteiger partial charge in [-0.05, 0) is 37.3 Å². The molecule has 3 nitrogen and oxygen atoms in total. The number of rotatable bonds is 4. The Balaban J connectivity index is 1.86. The van der Waals surface area contributed by atoms with E-state index < -0.39 is 0 Å². The van der Waals surface area contributed by atoms with Crippen molar-refractivity contribution in [2.45, 2.75) is 39.2 Å². The van der Waals surface area contributed by atoms with Crippen molar-refractivity contribution in [3.63, 3.8) is 0 Å². The minimum atomic E-state index is 0.657. The smallest absolute Gasteiger partial charge is 0.201 e. The molecule has 1 fully saturated rings. The molecule has 0 unspecified atom stereocenters. The van der Waals surface area contributed by atoms with E-state index in [1.165, 1.54) is 36.8 Å². The highest BCUT2D eigenvalue weighted by Crippen LogP contribution is 2.34. The lowest BCUT2D eigenvalue weighted by atomic mass is 10.2. The SMILES string of the molecule is Cc1cccc2c1nc(N)n2CCCC1CC1. The average Bonchev–Trinajstić information content (AvgIpc) is 3.06. The zero-order valence-electron chi connectivity index (χ0n) is 10.3. The number of nitrogens with two attached hydrogens (primary N) is 1. The Morgan fingerprint density at radius 3 is 3.00 bits per heavy atom. The zero-order chi connectivity index (χ0) is 11.8. The van der Waals surface area contributed by atoms with Gasteiger partial charge < -0.3 is 10.3 Å². The predicted octanol–water partition coefficient (Wildman–Crippen LogP) is 3.12. The van der Waals surface area contributed by atoms with Crippen LogP contribution in [0.2, 0.25) is 0 Å². The molecule has 1 aliphatic rings. The van der Waals surface area contributed by atoms with Gasteiger partial charge in [0.05, 0.1) is 11.0 Å². The largest absolute Gasteiger partial charge is 0.369 e. The number of aromatic nitrogens is 2. The van der Waals surface area contributed by atoms with Gasteiger partial charge in [0.2, 0.25) is 5.95 Å². The van der Waals surface area contributed by atoms with Crippen molar-refractivity contribution in [1.82, 2.24) is 9.55 Å². The first kappa shape index (κ1) is 10.6. The third-order valence-corrected chi connectivity index (χ3v) is 3.70. The monoisotopic (exact) mass is 229 g/mol. The van der Waals surface area contributed by atoms with E-state index in [2.05, 4.69) is 34.7 Å². The van der Waals surface area contributed by atoms with Gasteiger partial charge in [-0.15, -0.1) is 0 Å². The van der Waals surface area contributed by atoms with Crippen LogP contribution in [0.1, 0.15) is 31.2 Å². The summed E-state index contributed by atoms with van der Waals surface area (Å²) < 4.78 is 2.16. The molecule has 0 bridgehead atoms. The van der Waals surface area contributed by atoms with Crippen molar-refractivity contribution in [1.29, 1.82) is 0 Å². The molecule has 1 aromatic heterocycles. The van der Waals surface area contributed by atoms with Crippen LogP contribution >= 0.6 is 0 Å². The fourth-order valence-corrected chi connectivity index (χ4v) is 2.48. The molecule has 1 aromatic carbocycles. The molecule has 0 radical (unpaired) electrons. The first-order valence-corrected chi connectivity index (χ1v) is 6.47. The maximum atomic E-state index is 6.01. The van der Waals surface area contributed by atoms with Crippen LogP contribution in [0.25, 0.3) is 11.0 Å². The van der Waals surface area contributed by atoms with Crippen LogP contribution in [0.4, 0.5) is 5.95 Å². The van der Waals surface area contributed by atoms with Gasteiger partial charge in [-0.1, -0.05) is 25.0 Å². The molecule has 0 atom stereocenters. The summed E-state index contributed by atoms with van der Waals surface area (Å²) in [5, 5.41) is 0. The van der Waals surface area contributed by atoms with Crippen molar-refractivity contribution in [3.05, 3.63) is 23.8 Å². The van der Waals surface area contributed by atoms with E-state index in [9.17, 15) is 0 Å². The van der Waals surface area contributed by atoms with Crippen LogP contribution in [0.3, 0.4) is 0 Å². The highest BCUT2D eigenvalue weighted by Gasteiger charge is 2.20. The standard InChI is InChI=1S/C14H19N3/c1-10-4-2-6-12-13(10)16-14(15)17(12)9-3-5-11-7-8-11/h2,4,6,11H,3,5,7-9H2,1H3,(H2,15,16). The van der Waals surface area contributed by atoms with Crippen molar-refractivity contribution >= 4 is 17.0 Å². The summed E-state index contributed by atoms with van der Waals surface area (Å²) in [6, 6.07) is 6.28. The fraction of sp³-hybridized carbons (Fsp3) is 0.500. The summed E-state index contributed by atoms with van der Waals surface area (Å²) >= 11 is 0. The molecule has 2 N–H and O–H groups in total. The van der Waals surface area contributed by atoms with Crippen LogP contribution in [-0.2, 0) is 6.54 Å². The molecule has 0 spiro atoms. The summed E-state index contributed by atoms with van der Waals surface area (Å²) in [5.74, 6) is 1.65. The van der Waals surface area contributed by atoms with E-state index in [1.807, 2.05) is 0 Å². The van der Waals surface area contributed by atoms with E-state index in [0.717, 1.165) is 18.0 Å². The number of hydrogen-bond acceptors (Lipinski definition) is 2. The Labute approximate surface area is 102 Å². The number of aryl methyl sites for hydroxylation is 2. The number of hydrogen-bond donors (Lipinski definition) is 1. The molecule has 3 rings (SSSR count).